The van der Waals surface area contributed by atoms with Crippen LogP contribution in [0.25, 0.3) is 0 Å². The van der Waals surface area contributed by atoms with Gasteiger partial charge in [0.05, 0.1) is 10.7 Å². The van der Waals surface area contributed by atoms with E-state index in [-0.39, 0.29) is 17.7 Å². The van der Waals surface area contributed by atoms with Crippen molar-refractivity contribution in [3.63, 3.8) is 0 Å². The van der Waals surface area contributed by atoms with Crippen LogP contribution in [0.5, 0.6) is 0 Å². The Labute approximate surface area is 227 Å². The van der Waals surface area contributed by atoms with Gasteiger partial charge < -0.3 is 22.1 Å². The Kier molecular flexibility index (Phi) is 9.65. The summed E-state index contributed by atoms with van der Waals surface area (Å²) in [6.07, 6.45) is 4.83. The molecule has 2 heterocycles. The highest BCUT2D eigenvalue weighted by atomic mass is 32.2. The molecular formula is C28H39N7O2S. The summed E-state index contributed by atoms with van der Waals surface area (Å²) < 4.78 is 16.7. The van der Waals surface area contributed by atoms with Crippen LogP contribution in [0.3, 0.4) is 0 Å². The maximum atomic E-state index is 13.7. The van der Waals surface area contributed by atoms with Crippen LogP contribution in [0.15, 0.2) is 58.4 Å². The lowest BCUT2D eigenvalue weighted by atomic mass is 9.92. The van der Waals surface area contributed by atoms with E-state index in [4.69, 9.17) is 22.6 Å². The predicted octanol–water partition coefficient (Wildman–Crippen LogP) is 2.02. The molecule has 0 aromatic heterocycles. The molecule has 9 nitrogen and oxygen atoms in total. The second kappa shape index (κ2) is 13.1. The molecule has 0 radical (unpaired) electrons. The summed E-state index contributed by atoms with van der Waals surface area (Å²) in [5, 5.41) is 7.77. The molecule has 0 spiro atoms. The van der Waals surface area contributed by atoms with Crippen molar-refractivity contribution in [3.8, 4) is 0 Å². The fourth-order valence-corrected chi connectivity index (χ4v) is 6.28. The molecule has 1 saturated heterocycles. The largest absolute Gasteiger partial charge is 0.387 e. The van der Waals surface area contributed by atoms with E-state index in [1.54, 1.807) is 6.07 Å². The fraction of sp³-hybridized carbons (Fsp3) is 0.464. The highest BCUT2D eigenvalue weighted by molar-refractivity contribution is 7.83. The van der Waals surface area contributed by atoms with Crippen LogP contribution < -0.4 is 21.9 Å². The zero-order valence-electron chi connectivity index (χ0n) is 21.8. The molecule has 0 aliphatic carbocycles. The maximum absolute atomic E-state index is 13.7. The van der Waals surface area contributed by atoms with Gasteiger partial charge in [-0.2, -0.15) is 0 Å². The molecular weight excluding hydrogens is 498 g/mol. The Morgan fingerprint density at radius 2 is 1.92 bits per heavy atom. The average Bonchev–Trinajstić information content (AvgIpc) is 2.93. The average molecular weight is 538 g/mol. The van der Waals surface area contributed by atoms with E-state index in [0.717, 1.165) is 43.2 Å². The summed E-state index contributed by atoms with van der Waals surface area (Å²) >= 11 is 0. The molecule has 0 bridgehead atoms. The summed E-state index contributed by atoms with van der Waals surface area (Å²) in [5.41, 5.74) is 19.8. The number of hydrogen-bond acceptors (Lipinski definition) is 6. The van der Waals surface area contributed by atoms with E-state index in [1.165, 1.54) is 0 Å². The van der Waals surface area contributed by atoms with E-state index in [0.29, 0.717) is 54.8 Å². The topological polar surface area (TPSA) is 164 Å². The van der Waals surface area contributed by atoms with Gasteiger partial charge >= 0.3 is 0 Å². The van der Waals surface area contributed by atoms with E-state index in [2.05, 4.69) is 9.71 Å². The Morgan fingerprint density at radius 3 is 2.61 bits per heavy atom. The van der Waals surface area contributed by atoms with E-state index in [9.17, 15) is 9.00 Å². The SMILES string of the molecule is N=C(N)c1cccc(C[C@H](NS(=O)c2cccc(C3CCC(N)=NC3)c2)C(=O)N2CCC(CCN)CC2)c1. The number of nitrogens with zero attached hydrogens (tertiary/aromatic N) is 2. The van der Waals surface area contributed by atoms with Crippen LogP contribution >= 0.6 is 0 Å². The van der Waals surface area contributed by atoms with Crippen LogP contribution in [-0.4, -0.2) is 58.9 Å². The van der Waals surface area contributed by atoms with E-state index in [1.807, 2.05) is 47.4 Å². The number of carbonyl (C=O) groups excluding carboxylic acids is 1. The summed E-state index contributed by atoms with van der Waals surface area (Å²) in [5.74, 6) is 1.37. The minimum Gasteiger partial charge on any atom is -0.387 e. The van der Waals surface area contributed by atoms with Crippen LogP contribution in [0.4, 0.5) is 0 Å². The van der Waals surface area contributed by atoms with Crippen molar-refractivity contribution in [2.75, 3.05) is 26.2 Å². The van der Waals surface area contributed by atoms with Gasteiger partial charge in [0.1, 0.15) is 22.9 Å². The third-order valence-corrected chi connectivity index (χ3v) is 8.71. The molecule has 2 aromatic rings. The van der Waals surface area contributed by atoms with Crippen LogP contribution in [0.1, 0.15) is 54.7 Å². The minimum atomic E-state index is -1.60. The second-order valence-electron chi connectivity index (χ2n) is 10.2. The quantitative estimate of drug-likeness (QED) is 0.231. The van der Waals surface area contributed by atoms with Gasteiger partial charge in [-0.1, -0.05) is 30.3 Å². The number of piperidine rings is 1. The van der Waals surface area contributed by atoms with Gasteiger partial charge in [0.15, 0.2) is 0 Å². The number of rotatable bonds is 10. The third kappa shape index (κ3) is 7.27. The lowest BCUT2D eigenvalue weighted by Gasteiger charge is -2.34. The van der Waals surface area contributed by atoms with Gasteiger partial charge in [0, 0.05) is 37.5 Å². The van der Waals surface area contributed by atoms with Gasteiger partial charge in [0.25, 0.3) is 0 Å². The van der Waals surface area contributed by atoms with Gasteiger partial charge in [-0.05, 0) is 73.9 Å². The smallest absolute Gasteiger partial charge is 0.241 e. The number of nitrogens with two attached hydrogens (primary N) is 3. The fourth-order valence-electron chi connectivity index (χ4n) is 5.25. The summed E-state index contributed by atoms with van der Waals surface area (Å²) in [6, 6.07) is 14.3. The van der Waals surface area contributed by atoms with Crippen molar-refractivity contribution in [2.45, 2.75) is 55.4 Å². The number of aliphatic imine (C=N–C) groups is 1. The molecule has 2 unspecified atom stereocenters. The van der Waals surface area contributed by atoms with Gasteiger partial charge in [-0.25, -0.2) is 8.93 Å². The zero-order chi connectivity index (χ0) is 27.1. The standard InChI is InChI=1S/C28H39N7O2S/c29-12-9-19-10-13-35(14-11-19)28(36)25(16-20-3-1-5-22(15-20)27(31)32)34-38(37)24-6-2-4-21(17-24)23-7-8-26(30)33-18-23/h1-6,15,17,19,23,25,34H,7-14,16,18,29H2,(H2,30,33)(H3,31,32)/t23?,25-,38?/m0/s1. The van der Waals surface area contributed by atoms with Gasteiger partial charge in [0.2, 0.25) is 5.91 Å². The number of amidine groups is 2. The Bertz CT molecular complexity index is 1190. The first-order chi connectivity index (χ1) is 18.3. The third-order valence-electron chi connectivity index (χ3n) is 7.53. The molecule has 0 saturated carbocycles. The van der Waals surface area contributed by atoms with E-state index >= 15 is 0 Å². The first-order valence-corrected chi connectivity index (χ1v) is 14.5. The summed E-state index contributed by atoms with van der Waals surface area (Å²) in [7, 11) is -1.60. The van der Waals surface area contributed by atoms with Crippen molar-refractivity contribution < 1.29 is 9.00 Å². The highest BCUT2D eigenvalue weighted by Gasteiger charge is 2.30. The van der Waals surface area contributed by atoms with Crippen molar-refractivity contribution in [2.24, 2.45) is 28.1 Å². The summed E-state index contributed by atoms with van der Waals surface area (Å²) in [4.78, 5) is 20.6. The number of hydrogen-bond donors (Lipinski definition) is 5. The summed E-state index contributed by atoms with van der Waals surface area (Å²) in [6.45, 7) is 2.63. The molecule has 3 atom stereocenters. The minimum absolute atomic E-state index is 0.0288. The highest BCUT2D eigenvalue weighted by Crippen LogP contribution is 2.26. The molecule has 1 fully saturated rings. The van der Waals surface area contributed by atoms with Crippen molar-refractivity contribution in [1.29, 1.82) is 5.41 Å². The monoisotopic (exact) mass is 537 g/mol. The maximum Gasteiger partial charge on any atom is 0.241 e. The van der Waals surface area contributed by atoms with Crippen molar-refractivity contribution in [3.05, 3.63) is 65.2 Å². The first-order valence-electron chi connectivity index (χ1n) is 13.3. The molecule has 1 amide bonds. The zero-order valence-corrected chi connectivity index (χ0v) is 22.6. The molecule has 8 N–H and O–H groups in total. The molecule has 2 aromatic carbocycles. The first kappa shape index (κ1) is 27.9. The number of nitrogens with one attached hydrogen (secondary N) is 2. The Morgan fingerprint density at radius 1 is 1.16 bits per heavy atom. The van der Waals surface area contributed by atoms with Gasteiger partial charge in [-0.3, -0.25) is 15.2 Å². The lowest BCUT2D eigenvalue weighted by Crippen LogP contribution is -2.50. The van der Waals surface area contributed by atoms with E-state index < -0.39 is 17.0 Å². The molecule has 4 rings (SSSR count). The van der Waals surface area contributed by atoms with Crippen molar-refractivity contribution >= 4 is 28.6 Å². The second-order valence-corrected chi connectivity index (χ2v) is 11.5. The molecule has 10 heteroatoms. The predicted molar refractivity (Wildman–Crippen MR) is 152 cm³/mol. The number of amides is 1. The number of likely N-dealkylation sites (tertiary alicyclic amines) is 1. The molecule has 38 heavy (non-hydrogen) atoms. The molecule has 2 aliphatic rings. The van der Waals surface area contributed by atoms with Crippen LogP contribution in [-0.2, 0) is 22.2 Å². The number of nitrogen functional groups attached to an aromatic ring is 1. The lowest BCUT2D eigenvalue weighted by molar-refractivity contribution is -0.134. The Hall–Kier alpha value is -3.08. The van der Waals surface area contributed by atoms with Crippen LogP contribution in [0.2, 0.25) is 0 Å². The van der Waals surface area contributed by atoms with Gasteiger partial charge in [-0.15, -0.1) is 0 Å². The Balaban J connectivity index is 1.52. The number of benzene rings is 2. The number of carbonyl (C=O) groups is 1. The van der Waals surface area contributed by atoms with Crippen LogP contribution in [0, 0.1) is 11.3 Å². The normalized spacial score (nSPS) is 20.0. The molecule has 2 aliphatic heterocycles. The molecule has 204 valence electrons. The van der Waals surface area contributed by atoms with Crippen molar-refractivity contribution in [1.82, 2.24) is 9.62 Å².